The van der Waals surface area contributed by atoms with Crippen LogP contribution < -0.4 is 0 Å². The molecule has 0 bridgehead atoms. The van der Waals surface area contributed by atoms with Gasteiger partial charge in [-0.15, -0.1) is 0 Å². The van der Waals surface area contributed by atoms with Crippen LogP contribution in [0.15, 0.2) is 0 Å². The van der Waals surface area contributed by atoms with Crippen molar-refractivity contribution in [1.29, 1.82) is 0 Å². The maximum absolute atomic E-state index is 10.8. The van der Waals surface area contributed by atoms with E-state index >= 15 is 0 Å². The zero-order chi connectivity index (χ0) is 18.5. The maximum atomic E-state index is 10.8. The molecule has 6 heteroatoms. The summed E-state index contributed by atoms with van der Waals surface area (Å²) >= 11 is 0. The third kappa shape index (κ3) is 7.89. The second-order valence-electron chi connectivity index (χ2n) is 6.58. The van der Waals surface area contributed by atoms with Gasteiger partial charge < -0.3 is 28.8 Å². The molecule has 1 N–H and O–H groups in total. The van der Waals surface area contributed by atoms with Crippen LogP contribution in [0.2, 0.25) is 0 Å². The molecule has 0 aromatic heterocycles. The molecule has 1 heterocycles. The van der Waals surface area contributed by atoms with Crippen LogP contribution >= 0.6 is 0 Å². The number of hydrogen-bond donors (Lipinski definition) is 1. The van der Waals surface area contributed by atoms with E-state index in [-0.39, 0.29) is 0 Å². The highest BCUT2D eigenvalue weighted by Gasteiger charge is 2.47. The highest BCUT2D eigenvalue weighted by Crippen LogP contribution is 2.27. The fraction of sp³-hybridized carbons (Fsp3) is 1.00. The molecule has 0 spiro atoms. The van der Waals surface area contributed by atoms with E-state index in [0.717, 1.165) is 38.5 Å². The van der Waals surface area contributed by atoms with Gasteiger partial charge in [0.25, 0.3) is 0 Å². The van der Waals surface area contributed by atoms with Gasteiger partial charge in [-0.3, -0.25) is 0 Å². The van der Waals surface area contributed by atoms with Crippen molar-refractivity contribution in [3.05, 3.63) is 0 Å². The molecule has 25 heavy (non-hydrogen) atoms. The molecule has 0 aromatic rings. The van der Waals surface area contributed by atoms with Gasteiger partial charge in [0.2, 0.25) is 0 Å². The lowest BCUT2D eigenvalue weighted by molar-refractivity contribution is -0.312. The Morgan fingerprint density at radius 3 is 1.96 bits per heavy atom. The number of ether oxygens (including phenoxy) is 5. The molecule has 1 rings (SSSR count). The maximum Gasteiger partial charge on any atom is 0.186 e. The van der Waals surface area contributed by atoms with Gasteiger partial charge in [-0.2, -0.15) is 0 Å². The van der Waals surface area contributed by atoms with Crippen molar-refractivity contribution in [3.8, 4) is 0 Å². The number of methoxy groups -OCH3 is 1. The third-order valence-corrected chi connectivity index (χ3v) is 4.39. The molecule has 0 radical (unpaired) electrons. The monoisotopic (exact) mass is 362 g/mol. The summed E-state index contributed by atoms with van der Waals surface area (Å²) in [7, 11) is 1.59. The van der Waals surface area contributed by atoms with Crippen molar-refractivity contribution >= 4 is 0 Å². The predicted molar refractivity (Wildman–Crippen MR) is 96.7 cm³/mol. The largest absolute Gasteiger partial charge is 0.387 e. The Morgan fingerprint density at radius 1 is 0.840 bits per heavy atom. The molecule has 0 saturated carbocycles. The van der Waals surface area contributed by atoms with E-state index in [2.05, 4.69) is 20.8 Å². The summed E-state index contributed by atoms with van der Waals surface area (Å²) < 4.78 is 29.0. The minimum absolute atomic E-state index is 0.330. The zero-order valence-electron chi connectivity index (χ0n) is 16.4. The Hall–Kier alpha value is -0.240. The Kier molecular flexibility index (Phi) is 12.7. The van der Waals surface area contributed by atoms with Crippen LogP contribution in [-0.4, -0.2) is 69.3 Å². The molecule has 2 unspecified atom stereocenters. The first-order valence-corrected chi connectivity index (χ1v) is 9.86. The predicted octanol–water partition coefficient (Wildman–Crippen LogP) is 2.91. The number of rotatable bonds is 14. The van der Waals surface area contributed by atoms with Crippen LogP contribution in [0.1, 0.15) is 59.3 Å². The first-order valence-electron chi connectivity index (χ1n) is 9.86. The topological polar surface area (TPSA) is 66.4 Å². The second kappa shape index (κ2) is 13.9. The molecule has 1 aliphatic heterocycles. The van der Waals surface area contributed by atoms with E-state index in [1.807, 2.05) is 0 Å². The van der Waals surface area contributed by atoms with Crippen molar-refractivity contribution in [2.24, 2.45) is 0 Å². The average Bonchev–Trinajstić information content (AvgIpc) is 2.62. The Morgan fingerprint density at radius 2 is 1.40 bits per heavy atom. The third-order valence-electron chi connectivity index (χ3n) is 4.39. The van der Waals surface area contributed by atoms with E-state index in [4.69, 9.17) is 23.7 Å². The fourth-order valence-corrected chi connectivity index (χ4v) is 2.76. The quantitative estimate of drug-likeness (QED) is 0.479. The molecule has 1 fully saturated rings. The van der Waals surface area contributed by atoms with Crippen molar-refractivity contribution < 1.29 is 28.8 Å². The van der Waals surface area contributed by atoms with Crippen molar-refractivity contribution in [1.82, 2.24) is 0 Å². The Bertz CT molecular complexity index is 314. The van der Waals surface area contributed by atoms with Crippen LogP contribution in [0, 0.1) is 0 Å². The Balaban J connectivity index is 2.70. The summed E-state index contributed by atoms with van der Waals surface area (Å²) in [5.41, 5.74) is 0. The summed E-state index contributed by atoms with van der Waals surface area (Å²) in [5, 5.41) is 10.8. The molecule has 6 nitrogen and oxygen atoms in total. The number of unbranched alkanes of at least 4 members (excludes halogenated alkanes) is 3. The van der Waals surface area contributed by atoms with Crippen LogP contribution in [0.5, 0.6) is 0 Å². The highest BCUT2D eigenvalue weighted by atomic mass is 16.7. The Labute approximate surface area is 153 Å². The molecule has 5 atom stereocenters. The number of hydrogen-bond acceptors (Lipinski definition) is 6. The zero-order valence-corrected chi connectivity index (χ0v) is 16.4. The van der Waals surface area contributed by atoms with Crippen LogP contribution in [-0.2, 0) is 23.7 Å². The highest BCUT2D eigenvalue weighted by molar-refractivity contribution is 4.91. The average molecular weight is 363 g/mol. The first-order chi connectivity index (χ1) is 12.2. The van der Waals surface area contributed by atoms with Gasteiger partial charge in [0, 0.05) is 26.9 Å². The second-order valence-corrected chi connectivity index (χ2v) is 6.58. The number of aliphatic hydroxyl groups excluding tert-OH is 1. The van der Waals surface area contributed by atoms with E-state index < -0.39 is 30.7 Å². The lowest BCUT2D eigenvalue weighted by atomic mass is 9.98. The first kappa shape index (κ1) is 22.8. The smallest absolute Gasteiger partial charge is 0.186 e. The molecule has 0 amide bonds. The summed E-state index contributed by atoms with van der Waals surface area (Å²) in [6.07, 6.45) is 3.32. The molecule has 150 valence electrons. The van der Waals surface area contributed by atoms with Gasteiger partial charge in [-0.1, -0.05) is 40.0 Å². The normalized spacial score (nSPS) is 29.9. The van der Waals surface area contributed by atoms with E-state index in [0.29, 0.717) is 26.4 Å². The van der Waals surface area contributed by atoms with E-state index in [1.54, 1.807) is 7.11 Å². The van der Waals surface area contributed by atoms with Gasteiger partial charge >= 0.3 is 0 Å². The fourth-order valence-electron chi connectivity index (χ4n) is 2.76. The SMILES string of the molecule is CCCCOCC1O[C@H](OC)[C@@H](OCCCC)C(OCCCC)[C@H]1O. The van der Waals surface area contributed by atoms with Crippen LogP contribution in [0.4, 0.5) is 0 Å². The minimum atomic E-state index is -0.795. The molecule has 1 aliphatic rings. The molecule has 0 aliphatic carbocycles. The summed E-state index contributed by atoms with van der Waals surface area (Å²) in [6, 6.07) is 0. The summed E-state index contributed by atoms with van der Waals surface area (Å²) in [4.78, 5) is 0. The van der Waals surface area contributed by atoms with Gasteiger partial charge in [0.1, 0.15) is 24.4 Å². The van der Waals surface area contributed by atoms with Gasteiger partial charge in [-0.05, 0) is 19.3 Å². The van der Waals surface area contributed by atoms with Crippen LogP contribution in [0.25, 0.3) is 0 Å². The van der Waals surface area contributed by atoms with Crippen molar-refractivity contribution in [2.75, 3.05) is 33.5 Å². The van der Waals surface area contributed by atoms with Gasteiger partial charge in [0.15, 0.2) is 6.29 Å². The molecular formula is C19H38O6. The van der Waals surface area contributed by atoms with Gasteiger partial charge in [-0.25, -0.2) is 0 Å². The molecule has 0 aromatic carbocycles. The standard InChI is InChI=1S/C19H38O6/c1-5-8-11-22-14-15-16(20)17(23-12-9-6-2)18(19(21-4)25-15)24-13-10-7-3/h15-20H,5-14H2,1-4H3/t15?,16-,17?,18-,19-/m0/s1. The summed E-state index contributed by atoms with van der Waals surface area (Å²) in [5.74, 6) is 0. The van der Waals surface area contributed by atoms with Crippen LogP contribution in [0.3, 0.4) is 0 Å². The van der Waals surface area contributed by atoms with E-state index in [9.17, 15) is 5.11 Å². The number of aliphatic hydroxyl groups is 1. The van der Waals surface area contributed by atoms with Crippen molar-refractivity contribution in [2.45, 2.75) is 90.0 Å². The lowest BCUT2D eigenvalue weighted by Gasteiger charge is -2.43. The summed E-state index contributed by atoms with van der Waals surface area (Å²) in [6.45, 7) is 8.53. The molecule has 1 saturated heterocycles. The molecular weight excluding hydrogens is 324 g/mol. The lowest BCUT2D eigenvalue weighted by Crippen LogP contribution is -2.61. The van der Waals surface area contributed by atoms with Gasteiger partial charge in [0.05, 0.1) is 6.61 Å². The van der Waals surface area contributed by atoms with Crippen molar-refractivity contribution in [3.63, 3.8) is 0 Å². The van der Waals surface area contributed by atoms with E-state index in [1.165, 1.54) is 0 Å². The minimum Gasteiger partial charge on any atom is -0.387 e.